The fourth-order valence-corrected chi connectivity index (χ4v) is 3.51. The minimum atomic E-state index is -4.77. The summed E-state index contributed by atoms with van der Waals surface area (Å²) in [5, 5.41) is 11.2. The molecule has 37 heavy (non-hydrogen) atoms. The molecule has 11 nitrogen and oxygen atoms in total. The maximum atomic E-state index is 12.6. The van der Waals surface area contributed by atoms with Crippen molar-refractivity contribution < 1.29 is 31.7 Å². The molecule has 0 spiro atoms. The van der Waals surface area contributed by atoms with Crippen molar-refractivity contribution in [2.45, 2.75) is 12.9 Å². The second-order valence-corrected chi connectivity index (χ2v) is 7.58. The van der Waals surface area contributed by atoms with E-state index in [9.17, 15) is 18.0 Å². The van der Waals surface area contributed by atoms with Gasteiger partial charge < -0.3 is 19.5 Å². The molecule has 0 aliphatic heterocycles. The van der Waals surface area contributed by atoms with Crippen LogP contribution in [0.4, 0.5) is 19.0 Å². The van der Waals surface area contributed by atoms with Crippen molar-refractivity contribution in [2.75, 3.05) is 5.73 Å². The van der Waals surface area contributed by atoms with Crippen LogP contribution in [0.5, 0.6) is 5.75 Å². The number of hydrazone groups is 1. The van der Waals surface area contributed by atoms with Gasteiger partial charge >= 0.3 is 6.36 Å². The van der Waals surface area contributed by atoms with Gasteiger partial charge in [-0.15, -0.1) is 13.2 Å². The molecule has 0 fully saturated rings. The summed E-state index contributed by atoms with van der Waals surface area (Å²) in [5.41, 5.74) is 10.2. The lowest BCUT2D eigenvalue weighted by atomic mass is 10.2. The van der Waals surface area contributed by atoms with Gasteiger partial charge in [0.15, 0.2) is 17.3 Å². The number of halogens is 3. The van der Waals surface area contributed by atoms with E-state index in [1.165, 1.54) is 30.5 Å². The number of hydrogen-bond acceptors (Lipinski definition) is 9. The summed E-state index contributed by atoms with van der Waals surface area (Å²) < 4.78 is 52.7. The molecular formula is C23H16F3N7O4. The standard InChI is InChI=1S/C23H16F3N7O4/c24-23(25,26)36-14-7-5-13(6-8-14)18-10-9-15(35-18)11-28-30-19(34)12-33-17-4-2-1-3-16(17)29-22(33)20-21(27)32-37-31-20/h1-11H,12H2,(H2,27,32)(H,30,34)/b28-11-. The number of alkyl halides is 3. The van der Waals surface area contributed by atoms with Crippen LogP contribution in [-0.2, 0) is 11.3 Å². The predicted octanol–water partition coefficient (Wildman–Crippen LogP) is 3.98. The maximum Gasteiger partial charge on any atom is 0.573 e. The average molecular weight is 511 g/mol. The molecule has 0 aliphatic carbocycles. The van der Waals surface area contributed by atoms with Crippen molar-refractivity contribution in [3.05, 3.63) is 66.4 Å². The molecule has 0 radical (unpaired) electrons. The molecule has 0 aliphatic rings. The Hall–Kier alpha value is -5.14. The van der Waals surface area contributed by atoms with Gasteiger partial charge in [0.05, 0.1) is 17.2 Å². The van der Waals surface area contributed by atoms with Gasteiger partial charge in [0.2, 0.25) is 0 Å². The number of carbonyl (C=O) groups is 1. The summed E-state index contributed by atoms with van der Waals surface area (Å²) in [6, 6.07) is 15.6. The summed E-state index contributed by atoms with van der Waals surface area (Å²) in [6.07, 6.45) is -3.48. The molecule has 0 saturated carbocycles. The number of aromatic nitrogens is 4. The number of nitrogen functional groups attached to an aromatic ring is 1. The molecule has 5 aromatic rings. The number of ether oxygens (including phenoxy) is 1. The fraction of sp³-hybridized carbons (Fsp3) is 0.0870. The number of nitrogens with two attached hydrogens (primary N) is 1. The Morgan fingerprint density at radius 3 is 2.62 bits per heavy atom. The van der Waals surface area contributed by atoms with E-state index in [-0.39, 0.29) is 23.8 Å². The Morgan fingerprint density at radius 2 is 1.89 bits per heavy atom. The van der Waals surface area contributed by atoms with Crippen LogP contribution in [0, 0.1) is 0 Å². The zero-order valence-corrected chi connectivity index (χ0v) is 18.6. The zero-order chi connectivity index (χ0) is 26.0. The first kappa shape index (κ1) is 23.6. The third kappa shape index (κ3) is 5.27. The number of imidazole rings is 1. The number of benzene rings is 2. The van der Waals surface area contributed by atoms with Crippen LogP contribution in [0.25, 0.3) is 33.9 Å². The Labute approximate surface area is 205 Å². The van der Waals surface area contributed by atoms with Gasteiger partial charge in [-0.1, -0.05) is 12.1 Å². The molecule has 1 amide bonds. The van der Waals surface area contributed by atoms with Crippen LogP contribution in [0.3, 0.4) is 0 Å². The van der Waals surface area contributed by atoms with E-state index in [2.05, 4.69) is 35.2 Å². The average Bonchev–Trinajstić information content (AvgIpc) is 3.58. The number of para-hydroxylation sites is 2. The molecule has 14 heteroatoms. The van der Waals surface area contributed by atoms with E-state index in [0.29, 0.717) is 33.9 Å². The minimum absolute atomic E-state index is 0.0335. The Bertz CT molecular complexity index is 1590. The number of carbonyl (C=O) groups excluding carboxylic acids is 1. The number of hydrogen-bond donors (Lipinski definition) is 2. The molecule has 3 aromatic heterocycles. The van der Waals surface area contributed by atoms with E-state index in [1.54, 1.807) is 41.0 Å². The smallest absolute Gasteiger partial charge is 0.455 e. The van der Waals surface area contributed by atoms with E-state index in [4.69, 9.17) is 10.2 Å². The first-order chi connectivity index (χ1) is 17.8. The van der Waals surface area contributed by atoms with Crippen molar-refractivity contribution in [1.82, 2.24) is 25.3 Å². The molecule has 0 atom stereocenters. The molecule has 3 N–H and O–H groups in total. The number of anilines is 1. The Kier molecular flexibility index (Phi) is 6.05. The van der Waals surface area contributed by atoms with Crippen LogP contribution < -0.4 is 15.9 Å². The molecule has 0 saturated heterocycles. The summed E-state index contributed by atoms with van der Waals surface area (Å²) in [4.78, 5) is 17.1. The molecule has 0 unspecified atom stereocenters. The normalized spacial score (nSPS) is 11.9. The highest BCUT2D eigenvalue weighted by Crippen LogP contribution is 2.28. The SMILES string of the molecule is Nc1nonc1-c1nc2ccccc2n1CC(=O)N/N=C\c1ccc(-c2ccc(OC(F)(F)F)cc2)o1. The van der Waals surface area contributed by atoms with Crippen LogP contribution >= 0.6 is 0 Å². The van der Waals surface area contributed by atoms with Crippen molar-refractivity contribution >= 4 is 29.0 Å². The third-order valence-electron chi connectivity index (χ3n) is 5.06. The van der Waals surface area contributed by atoms with Crippen molar-refractivity contribution in [3.8, 4) is 28.6 Å². The highest BCUT2D eigenvalue weighted by molar-refractivity contribution is 5.86. The molecule has 5 rings (SSSR count). The number of amides is 1. The molecular weight excluding hydrogens is 495 g/mol. The minimum Gasteiger partial charge on any atom is -0.455 e. The van der Waals surface area contributed by atoms with Gasteiger partial charge in [0.1, 0.15) is 23.8 Å². The highest BCUT2D eigenvalue weighted by atomic mass is 19.4. The van der Waals surface area contributed by atoms with Gasteiger partial charge in [0.25, 0.3) is 5.91 Å². The number of rotatable bonds is 7. The second kappa shape index (κ2) is 9.49. The van der Waals surface area contributed by atoms with Crippen LogP contribution in [-0.4, -0.2) is 38.3 Å². The van der Waals surface area contributed by atoms with Crippen LogP contribution in [0.1, 0.15) is 5.76 Å². The van der Waals surface area contributed by atoms with E-state index in [1.807, 2.05) is 0 Å². The summed E-state index contributed by atoms with van der Waals surface area (Å²) in [7, 11) is 0. The monoisotopic (exact) mass is 511 g/mol. The van der Waals surface area contributed by atoms with E-state index >= 15 is 0 Å². The number of fused-ring (bicyclic) bond motifs is 1. The lowest BCUT2D eigenvalue weighted by Crippen LogP contribution is -2.23. The lowest BCUT2D eigenvalue weighted by Gasteiger charge is -2.08. The van der Waals surface area contributed by atoms with Gasteiger partial charge in [0, 0.05) is 5.56 Å². The fourth-order valence-electron chi connectivity index (χ4n) is 3.51. The Morgan fingerprint density at radius 1 is 1.11 bits per heavy atom. The van der Waals surface area contributed by atoms with Crippen LogP contribution in [0.15, 0.2) is 74.8 Å². The molecule has 2 aromatic carbocycles. The number of furan rings is 1. The quantitative estimate of drug-likeness (QED) is 0.246. The maximum absolute atomic E-state index is 12.6. The van der Waals surface area contributed by atoms with Crippen molar-refractivity contribution in [1.29, 1.82) is 0 Å². The molecule has 0 bridgehead atoms. The first-order valence-corrected chi connectivity index (χ1v) is 10.6. The van der Waals surface area contributed by atoms with Crippen molar-refractivity contribution in [3.63, 3.8) is 0 Å². The first-order valence-electron chi connectivity index (χ1n) is 10.6. The molecule has 188 valence electrons. The van der Waals surface area contributed by atoms with Crippen molar-refractivity contribution in [2.24, 2.45) is 5.10 Å². The van der Waals surface area contributed by atoms with E-state index < -0.39 is 12.3 Å². The number of nitrogens with zero attached hydrogens (tertiary/aromatic N) is 5. The highest BCUT2D eigenvalue weighted by Gasteiger charge is 2.31. The van der Waals surface area contributed by atoms with Gasteiger partial charge in [-0.25, -0.2) is 15.0 Å². The summed E-state index contributed by atoms with van der Waals surface area (Å²) in [5.74, 6) is 0.222. The third-order valence-corrected chi connectivity index (χ3v) is 5.06. The Balaban J connectivity index is 1.26. The largest absolute Gasteiger partial charge is 0.573 e. The predicted molar refractivity (Wildman–Crippen MR) is 124 cm³/mol. The summed E-state index contributed by atoms with van der Waals surface area (Å²) in [6.45, 7) is -0.158. The molecule has 3 heterocycles. The zero-order valence-electron chi connectivity index (χ0n) is 18.6. The van der Waals surface area contributed by atoms with Gasteiger partial charge in [-0.2, -0.15) is 5.10 Å². The van der Waals surface area contributed by atoms with Crippen LogP contribution in [0.2, 0.25) is 0 Å². The number of nitrogens with one attached hydrogen (secondary N) is 1. The van der Waals surface area contributed by atoms with Gasteiger partial charge in [-0.05, 0) is 58.8 Å². The lowest BCUT2D eigenvalue weighted by molar-refractivity contribution is -0.274. The summed E-state index contributed by atoms with van der Waals surface area (Å²) >= 11 is 0. The second-order valence-electron chi connectivity index (χ2n) is 7.58. The van der Waals surface area contributed by atoms with Gasteiger partial charge in [-0.3, -0.25) is 4.79 Å². The van der Waals surface area contributed by atoms with E-state index in [0.717, 1.165) is 0 Å². The topological polar surface area (TPSA) is 147 Å².